The van der Waals surface area contributed by atoms with Crippen molar-refractivity contribution in [2.45, 2.75) is 49.3 Å². The quantitative estimate of drug-likeness (QED) is 0.466. The molecular weight excluding hydrogens is 456 g/mol. The summed E-state index contributed by atoms with van der Waals surface area (Å²) in [5.41, 5.74) is 1.54. The summed E-state index contributed by atoms with van der Waals surface area (Å²) in [7, 11) is -3.91. The summed E-state index contributed by atoms with van der Waals surface area (Å²) in [6.07, 6.45) is 1.46. The van der Waals surface area contributed by atoms with Gasteiger partial charge >= 0.3 is 6.03 Å². The Kier molecular flexibility index (Phi) is 5.49. The molecule has 10 heteroatoms. The third-order valence-corrected chi connectivity index (χ3v) is 7.87. The number of sulfonamides is 1. The Morgan fingerprint density at radius 1 is 1.15 bits per heavy atom. The first kappa shape index (κ1) is 22.3. The summed E-state index contributed by atoms with van der Waals surface area (Å²) in [6, 6.07) is 14.6. The zero-order valence-corrected chi connectivity index (χ0v) is 19.3. The normalized spacial score (nSPS) is 22.2. The number of para-hydroxylation sites is 1. The average molecular weight is 481 g/mol. The van der Waals surface area contributed by atoms with Gasteiger partial charge in [0.1, 0.15) is 17.9 Å². The van der Waals surface area contributed by atoms with Crippen molar-refractivity contribution in [2.24, 2.45) is 0 Å². The molecule has 0 bridgehead atoms. The molecule has 3 aromatic rings. The lowest BCUT2D eigenvalue weighted by Crippen LogP contribution is -2.59. The van der Waals surface area contributed by atoms with Crippen LogP contribution in [-0.4, -0.2) is 36.9 Å². The topological polar surface area (TPSA) is 126 Å². The predicted octanol–water partition coefficient (Wildman–Crippen LogP) is 2.53. The van der Waals surface area contributed by atoms with Crippen LogP contribution in [0.4, 0.5) is 4.79 Å². The number of amides is 3. The first-order chi connectivity index (χ1) is 16.3. The Balaban J connectivity index is 1.30. The number of fused-ring (bicyclic) bond motifs is 1. The molecule has 2 heterocycles. The molecule has 1 saturated carbocycles. The Bertz CT molecular complexity index is 1390. The van der Waals surface area contributed by atoms with Crippen molar-refractivity contribution < 1.29 is 22.7 Å². The number of carbonyl (C=O) groups is 2. The summed E-state index contributed by atoms with van der Waals surface area (Å²) in [5.74, 6) is 0.0302. The number of nitrogens with one attached hydrogen (secondary N) is 3. The van der Waals surface area contributed by atoms with E-state index in [1.165, 1.54) is 12.1 Å². The van der Waals surface area contributed by atoms with Crippen molar-refractivity contribution in [3.8, 4) is 5.75 Å². The molecule has 2 atom stereocenters. The number of carbonyl (C=O) groups excluding carboxylic acids is 2. The third-order valence-electron chi connectivity index (χ3n) is 6.38. The number of hydrogen-bond acceptors (Lipinski definition) is 6. The molecule has 5 rings (SSSR count). The standard InChI is InChI=1S/C24H24N4O5S/c1-15-13-16(19-5-2-3-6-20(19)25-15)14-33-17-8-10-18(11-9-17)34(31,32)28-21-7-4-12-24(21)22(29)26-23(30)27-24/h2-3,5-6,8-11,13,21,28H,4,7,12,14H2,1H3,(H2,26,27,29,30)/t21-,24-/m1/s1. The Hall–Kier alpha value is -3.50. The number of aromatic nitrogens is 1. The molecule has 3 amide bonds. The van der Waals surface area contributed by atoms with Crippen LogP contribution in [0, 0.1) is 6.92 Å². The van der Waals surface area contributed by atoms with E-state index >= 15 is 0 Å². The molecule has 1 aliphatic carbocycles. The molecule has 2 fully saturated rings. The van der Waals surface area contributed by atoms with E-state index in [0.29, 0.717) is 31.6 Å². The maximum atomic E-state index is 13.0. The van der Waals surface area contributed by atoms with E-state index < -0.39 is 33.5 Å². The maximum absolute atomic E-state index is 13.0. The number of hydrogen-bond donors (Lipinski definition) is 3. The second-order valence-corrected chi connectivity index (χ2v) is 10.4. The SMILES string of the molecule is Cc1cc(COc2ccc(S(=O)(=O)N[C@@H]3CCC[C@@]34NC(=O)NC4=O)cc2)c2ccccc2n1. The molecule has 0 unspecified atom stereocenters. The lowest BCUT2D eigenvalue weighted by atomic mass is 9.94. The van der Waals surface area contributed by atoms with Crippen LogP contribution in [-0.2, 0) is 21.4 Å². The zero-order chi connectivity index (χ0) is 23.9. The minimum atomic E-state index is -3.91. The Labute approximate surface area is 197 Å². The van der Waals surface area contributed by atoms with E-state index in [9.17, 15) is 18.0 Å². The van der Waals surface area contributed by atoms with E-state index in [4.69, 9.17) is 4.74 Å². The van der Waals surface area contributed by atoms with Crippen LogP contribution in [0.25, 0.3) is 10.9 Å². The highest BCUT2D eigenvalue weighted by Crippen LogP contribution is 2.34. The zero-order valence-electron chi connectivity index (χ0n) is 18.5. The van der Waals surface area contributed by atoms with Crippen molar-refractivity contribution in [1.82, 2.24) is 20.3 Å². The molecule has 9 nitrogen and oxygen atoms in total. The summed E-state index contributed by atoms with van der Waals surface area (Å²) in [5, 5.41) is 5.83. The van der Waals surface area contributed by atoms with Crippen molar-refractivity contribution >= 4 is 32.9 Å². The number of rotatable bonds is 6. The molecule has 176 valence electrons. The molecule has 1 aliphatic heterocycles. The molecule has 2 aromatic carbocycles. The number of imide groups is 1. The first-order valence-corrected chi connectivity index (χ1v) is 12.5. The van der Waals surface area contributed by atoms with Gasteiger partial charge in [-0.3, -0.25) is 15.1 Å². The van der Waals surface area contributed by atoms with Gasteiger partial charge in [-0.25, -0.2) is 17.9 Å². The van der Waals surface area contributed by atoms with Crippen LogP contribution in [0.2, 0.25) is 0 Å². The summed E-state index contributed by atoms with van der Waals surface area (Å²) in [4.78, 5) is 28.6. The van der Waals surface area contributed by atoms with Gasteiger partial charge in [-0.2, -0.15) is 0 Å². The number of aryl methyl sites for hydroxylation is 1. The van der Waals surface area contributed by atoms with Gasteiger partial charge in [-0.1, -0.05) is 18.2 Å². The number of nitrogens with zero attached hydrogens (tertiary/aromatic N) is 1. The highest BCUT2D eigenvalue weighted by Gasteiger charge is 2.55. The summed E-state index contributed by atoms with van der Waals surface area (Å²) in [6.45, 7) is 2.24. The first-order valence-electron chi connectivity index (χ1n) is 11.0. The third kappa shape index (κ3) is 3.99. The van der Waals surface area contributed by atoms with E-state index in [0.717, 1.165) is 22.2 Å². The highest BCUT2D eigenvalue weighted by molar-refractivity contribution is 7.89. The second kappa shape index (κ2) is 8.37. The fraction of sp³-hybridized carbons (Fsp3) is 0.292. The molecule has 0 radical (unpaired) electrons. The van der Waals surface area contributed by atoms with Crippen LogP contribution < -0.4 is 20.1 Å². The lowest BCUT2D eigenvalue weighted by Gasteiger charge is -2.28. The summed E-state index contributed by atoms with van der Waals surface area (Å²) < 4.78 is 34.5. The Morgan fingerprint density at radius 3 is 2.65 bits per heavy atom. The molecule has 3 N–H and O–H groups in total. The van der Waals surface area contributed by atoms with Gasteiger partial charge in [0.2, 0.25) is 10.0 Å². The average Bonchev–Trinajstić information content (AvgIpc) is 3.33. The van der Waals surface area contributed by atoms with E-state index in [1.54, 1.807) is 12.1 Å². The highest BCUT2D eigenvalue weighted by atomic mass is 32.2. The second-order valence-electron chi connectivity index (χ2n) is 8.65. The number of pyridine rings is 1. The minimum Gasteiger partial charge on any atom is -0.489 e. The summed E-state index contributed by atoms with van der Waals surface area (Å²) >= 11 is 0. The minimum absolute atomic E-state index is 0.0526. The lowest BCUT2D eigenvalue weighted by molar-refractivity contribution is -0.124. The van der Waals surface area contributed by atoms with Crippen molar-refractivity contribution in [3.05, 3.63) is 65.9 Å². The maximum Gasteiger partial charge on any atom is 0.322 e. The van der Waals surface area contributed by atoms with Gasteiger partial charge in [0, 0.05) is 16.6 Å². The molecule has 1 saturated heterocycles. The van der Waals surface area contributed by atoms with E-state index in [1.807, 2.05) is 37.3 Å². The van der Waals surface area contributed by atoms with Crippen LogP contribution in [0.5, 0.6) is 5.75 Å². The van der Waals surface area contributed by atoms with E-state index in [-0.39, 0.29) is 4.90 Å². The van der Waals surface area contributed by atoms with Gasteiger partial charge in [0.25, 0.3) is 5.91 Å². The number of benzene rings is 2. The van der Waals surface area contributed by atoms with Gasteiger partial charge < -0.3 is 10.1 Å². The van der Waals surface area contributed by atoms with Gasteiger partial charge in [0.05, 0.1) is 16.5 Å². The van der Waals surface area contributed by atoms with Crippen LogP contribution in [0.1, 0.15) is 30.5 Å². The van der Waals surface area contributed by atoms with Gasteiger partial charge in [-0.15, -0.1) is 0 Å². The molecular formula is C24H24N4O5S. The Morgan fingerprint density at radius 2 is 1.91 bits per heavy atom. The molecule has 1 aromatic heterocycles. The van der Waals surface area contributed by atoms with Crippen molar-refractivity contribution in [3.63, 3.8) is 0 Å². The van der Waals surface area contributed by atoms with Crippen LogP contribution in [0.3, 0.4) is 0 Å². The van der Waals surface area contributed by atoms with Crippen molar-refractivity contribution in [1.29, 1.82) is 0 Å². The molecule has 2 aliphatic rings. The van der Waals surface area contributed by atoms with Crippen LogP contribution >= 0.6 is 0 Å². The fourth-order valence-electron chi connectivity index (χ4n) is 4.74. The van der Waals surface area contributed by atoms with Gasteiger partial charge in [0.15, 0.2) is 0 Å². The molecule has 34 heavy (non-hydrogen) atoms. The van der Waals surface area contributed by atoms with Crippen molar-refractivity contribution in [2.75, 3.05) is 0 Å². The van der Waals surface area contributed by atoms with Gasteiger partial charge in [-0.05, 0) is 62.6 Å². The monoisotopic (exact) mass is 480 g/mol. The van der Waals surface area contributed by atoms with Crippen LogP contribution in [0.15, 0.2) is 59.5 Å². The van der Waals surface area contributed by atoms with E-state index in [2.05, 4.69) is 20.3 Å². The molecule has 1 spiro atoms. The largest absolute Gasteiger partial charge is 0.489 e. The smallest absolute Gasteiger partial charge is 0.322 e. The predicted molar refractivity (Wildman–Crippen MR) is 125 cm³/mol. The number of ether oxygens (including phenoxy) is 1. The number of urea groups is 1. The fourth-order valence-corrected chi connectivity index (χ4v) is 6.06.